The van der Waals surface area contributed by atoms with E-state index >= 15 is 0 Å². The molecule has 0 bridgehead atoms. The van der Waals surface area contributed by atoms with Crippen LogP contribution in [0.1, 0.15) is 76.2 Å². The Kier molecular flexibility index (Phi) is 6.03. The lowest BCUT2D eigenvalue weighted by Gasteiger charge is -2.18. The number of pyridine rings is 1. The topological polar surface area (TPSA) is 94.3 Å². The molecule has 164 valence electrons. The lowest BCUT2D eigenvalue weighted by atomic mass is 9.88. The summed E-state index contributed by atoms with van der Waals surface area (Å²) in [6.45, 7) is 8.44. The third-order valence-corrected chi connectivity index (χ3v) is 7.92. The van der Waals surface area contributed by atoms with Gasteiger partial charge in [0.2, 0.25) is 0 Å². The van der Waals surface area contributed by atoms with Gasteiger partial charge in [0, 0.05) is 16.0 Å². The fourth-order valence-electron chi connectivity index (χ4n) is 3.92. The van der Waals surface area contributed by atoms with Crippen LogP contribution in [0.2, 0.25) is 0 Å². The van der Waals surface area contributed by atoms with Crippen molar-refractivity contribution in [3.63, 3.8) is 0 Å². The summed E-state index contributed by atoms with van der Waals surface area (Å²) < 4.78 is 5.30. The van der Waals surface area contributed by atoms with Gasteiger partial charge in [-0.25, -0.2) is 9.78 Å². The maximum absolute atomic E-state index is 13.2. The number of thiophene rings is 2. The van der Waals surface area contributed by atoms with Crippen molar-refractivity contribution in [1.82, 2.24) is 4.98 Å². The summed E-state index contributed by atoms with van der Waals surface area (Å²) in [4.78, 5) is 32.9. The number of nitrogens with two attached hydrogens (primary N) is 1. The molecule has 6 nitrogen and oxygen atoms in total. The molecule has 0 saturated heterocycles. The Morgan fingerprint density at radius 1 is 1.32 bits per heavy atom. The van der Waals surface area contributed by atoms with Gasteiger partial charge >= 0.3 is 5.97 Å². The first-order valence-corrected chi connectivity index (χ1v) is 12.2. The van der Waals surface area contributed by atoms with Gasteiger partial charge in [0.1, 0.15) is 14.7 Å². The molecule has 1 amide bonds. The highest BCUT2D eigenvalue weighted by Crippen LogP contribution is 2.41. The Labute approximate surface area is 189 Å². The lowest BCUT2D eigenvalue weighted by molar-refractivity contribution is 0.0526. The second-order valence-electron chi connectivity index (χ2n) is 8.32. The molecular weight excluding hydrogens is 430 g/mol. The summed E-state index contributed by atoms with van der Waals surface area (Å²) in [5.74, 6) is 0.155. The Balaban J connectivity index is 1.70. The van der Waals surface area contributed by atoms with Crippen LogP contribution < -0.4 is 11.1 Å². The Morgan fingerprint density at radius 2 is 2.10 bits per heavy atom. The van der Waals surface area contributed by atoms with Gasteiger partial charge in [0.25, 0.3) is 5.91 Å². The van der Waals surface area contributed by atoms with Gasteiger partial charge in [0.15, 0.2) is 0 Å². The molecule has 0 radical (unpaired) electrons. The van der Waals surface area contributed by atoms with Gasteiger partial charge in [-0.3, -0.25) is 4.79 Å². The number of fused-ring (bicyclic) bond motifs is 2. The molecule has 0 spiro atoms. The van der Waals surface area contributed by atoms with E-state index in [2.05, 4.69) is 31.1 Å². The number of hydrogen-bond acceptors (Lipinski definition) is 7. The molecule has 8 heteroatoms. The van der Waals surface area contributed by atoms with Crippen molar-refractivity contribution < 1.29 is 14.3 Å². The normalized spacial score (nSPS) is 15.8. The van der Waals surface area contributed by atoms with Crippen LogP contribution in [-0.4, -0.2) is 23.5 Å². The van der Waals surface area contributed by atoms with Crippen LogP contribution in [0.3, 0.4) is 0 Å². The summed E-state index contributed by atoms with van der Waals surface area (Å²) in [6.07, 6.45) is 2.76. The third kappa shape index (κ3) is 4.06. The molecule has 0 saturated carbocycles. The summed E-state index contributed by atoms with van der Waals surface area (Å²) in [5.41, 5.74) is 9.21. The zero-order chi connectivity index (χ0) is 22.3. The van der Waals surface area contributed by atoms with Crippen molar-refractivity contribution in [1.29, 1.82) is 0 Å². The predicted octanol–water partition coefficient (Wildman–Crippen LogP) is 5.62. The molecule has 3 aromatic heterocycles. The number of rotatable bonds is 5. The predicted molar refractivity (Wildman–Crippen MR) is 128 cm³/mol. The summed E-state index contributed by atoms with van der Waals surface area (Å²) >= 11 is 2.76. The van der Waals surface area contributed by atoms with Crippen LogP contribution in [-0.2, 0) is 17.6 Å². The number of ether oxygens (including phenoxy) is 1. The molecule has 3 N–H and O–H groups in total. The molecule has 31 heavy (non-hydrogen) atoms. The van der Waals surface area contributed by atoms with Crippen LogP contribution in [0.15, 0.2) is 12.1 Å². The van der Waals surface area contributed by atoms with E-state index in [0.29, 0.717) is 33.7 Å². The van der Waals surface area contributed by atoms with Gasteiger partial charge in [-0.15, -0.1) is 22.7 Å². The minimum Gasteiger partial charge on any atom is -0.462 e. The van der Waals surface area contributed by atoms with Crippen LogP contribution in [0, 0.1) is 5.92 Å². The first kappa shape index (κ1) is 21.8. The second kappa shape index (κ2) is 8.59. The summed E-state index contributed by atoms with van der Waals surface area (Å²) in [7, 11) is 0. The first-order valence-electron chi connectivity index (χ1n) is 10.6. The maximum atomic E-state index is 13.2. The van der Waals surface area contributed by atoms with E-state index in [1.54, 1.807) is 6.92 Å². The van der Waals surface area contributed by atoms with Crippen molar-refractivity contribution in [2.75, 3.05) is 17.7 Å². The minimum atomic E-state index is -0.377. The molecule has 0 aromatic carbocycles. The van der Waals surface area contributed by atoms with Crippen molar-refractivity contribution in [2.45, 2.75) is 52.9 Å². The Hall–Kier alpha value is -2.45. The molecule has 1 aliphatic carbocycles. The van der Waals surface area contributed by atoms with E-state index in [1.807, 2.05) is 12.1 Å². The van der Waals surface area contributed by atoms with Crippen LogP contribution in [0.4, 0.5) is 10.7 Å². The average Bonchev–Trinajstić information content (AvgIpc) is 3.24. The zero-order valence-corrected chi connectivity index (χ0v) is 19.8. The summed E-state index contributed by atoms with van der Waals surface area (Å²) in [6, 6.07) is 3.88. The molecule has 4 rings (SSSR count). The maximum Gasteiger partial charge on any atom is 0.341 e. The van der Waals surface area contributed by atoms with Gasteiger partial charge < -0.3 is 15.8 Å². The van der Waals surface area contributed by atoms with Crippen molar-refractivity contribution in [2.24, 2.45) is 5.92 Å². The third-order valence-electron chi connectivity index (χ3n) is 5.63. The van der Waals surface area contributed by atoms with Crippen molar-refractivity contribution in [3.05, 3.63) is 38.7 Å². The average molecular weight is 458 g/mol. The quantitative estimate of drug-likeness (QED) is 0.485. The standard InChI is InChI=1S/C23H27N3O3S2/c1-5-29-23(28)17-13-7-6-12(4)10-16(13)30-22(17)26-20(27)19-18(24)14-8-9-15(11(2)3)25-21(14)31-19/h8-9,11-12H,5-7,10,24H2,1-4H3,(H,26,27). The number of carbonyl (C=O) groups excluding carboxylic acids is 2. The Morgan fingerprint density at radius 3 is 2.81 bits per heavy atom. The fourth-order valence-corrected chi connectivity index (χ4v) is 6.31. The molecule has 3 aromatic rings. The van der Waals surface area contributed by atoms with E-state index < -0.39 is 0 Å². The molecule has 3 heterocycles. The van der Waals surface area contributed by atoms with Gasteiger partial charge in [-0.05, 0) is 55.7 Å². The van der Waals surface area contributed by atoms with Crippen LogP contribution in [0.5, 0.6) is 0 Å². The molecule has 1 unspecified atom stereocenters. The number of nitrogens with one attached hydrogen (secondary N) is 1. The van der Waals surface area contributed by atoms with Crippen LogP contribution in [0.25, 0.3) is 10.2 Å². The zero-order valence-electron chi connectivity index (χ0n) is 18.2. The highest BCUT2D eigenvalue weighted by atomic mass is 32.1. The highest BCUT2D eigenvalue weighted by Gasteiger charge is 2.30. The lowest BCUT2D eigenvalue weighted by Crippen LogP contribution is -2.16. The molecule has 0 fully saturated rings. The van der Waals surface area contributed by atoms with Crippen molar-refractivity contribution in [3.8, 4) is 0 Å². The van der Waals surface area contributed by atoms with E-state index in [9.17, 15) is 9.59 Å². The largest absolute Gasteiger partial charge is 0.462 e. The van der Waals surface area contributed by atoms with Crippen molar-refractivity contribution >= 4 is 55.5 Å². The van der Waals surface area contributed by atoms with Crippen LogP contribution >= 0.6 is 22.7 Å². The number of aromatic nitrogens is 1. The monoisotopic (exact) mass is 457 g/mol. The minimum absolute atomic E-state index is 0.289. The summed E-state index contributed by atoms with van der Waals surface area (Å²) in [5, 5.41) is 4.29. The van der Waals surface area contributed by atoms with E-state index in [0.717, 1.165) is 45.6 Å². The number of carbonyl (C=O) groups is 2. The van der Waals surface area contributed by atoms with Gasteiger partial charge in [-0.2, -0.15) is 0 Å². The van der Waals surface area contributed by atoms with E-state index in [4.69, 9.17) is 10.5 Å². The smallest absolute Gasteiger partial charge is 0.341 e. The van der Waals surface area contributed by atoms with Gasteiger partial charge in [-0.1, -0.05) is 20.8 Å². The Bertz CT molecular complexity index is 1160. The number of anilines is 2. The molecule has 0 aliphatic heterocycles. The number of nitrogen functional groups attached to an aromatic ring is 1. The highest BCUT2D eigenvalue weighted by molar-refractivity contribution is 7.21. The van der Waals surface area contributed by atoms with E-state index in [1.165, 1.54) is 22.7 Å². The molecule has 1 atom stereocenters. The number of hydrogen-bond donors (Lipinski definition) is 2. The van der Waals surface area contributed by atoms with E-state index in [-0.39, 0.29) is 17.8 Å². The number of nitrogens with zero attached hydrogens (tertiary/aromatic N) is 1. The first-order chi connectivity index (χ1) is 14.8. The molecular formula is C23H27N3O3S2. The number of esters is 1. The fraction of sp³-hybridized carbons (Fsp3) is 0.435. The SMILES string of the molecule is CCOC(=O)c1c(NC(=O)c2sc3nc(C(C)C)ccc3c2N)sc2c1CCC(C)C2. The number of amides is 1. The second-order valence-corrected chi connectivity index (χ2v) is 10.4. The molecule has 1 aliphatic rings. The van der Waals surface area contributed by atoms with Gasteiger partial charge in [0.05, 0.1) is 17.9 Å².